The van der Waals surface area contributed by atoms with Gasteiger partial charge in [0.2, 0.25) is 0 Å². The van der Waals surface area contributed by atoms with Gasteiger partial charge in [-0.3, -0.25) is 0 Å². The third-order valence-corrected chi connectivity index (χ3v) is 3.68. The molecule has 1 atom stereocenters. The fourth-order valence-corrected chi connectivity index (χ4v) is 2.34. The lowest BCUT2D eigenvalue weighted by molar-refractivity contribution is 0.559. The summed E-state index contributed by atoms with van der Waals surface area (Å²) in [7, 11) is 2.18. The van der Waals surface area contributed by atoms with Crippen molar-refractivity contribution < 1.29 is 0 Å². The zero-order valence-corrected chi connectivity index (χ0v) is 12.3. The van der Waals surface area contributed by atoms with Crippen LogP contribution in [0.5, 0.6) is 0 Å². The first-order valence-electron chi connectivity index (χ1n) is 5.95. The number of alkyl halides is 1. The van der Waals surface area contributed by atoms with Crippen LogP contribution in [0.1, 0.15) is 31.4 Å². The molecule has 16 heavy (non-hydrogen) atoms. The smallest absolute Gasteiger partial charge is 0.0405 e. The fraction of sp³-hybridized carbons (Fsp3) is 0.571. The molecule has 0 spiro atoms. The largest absolute Gasteiger partial charge is 0.374 e. The summed E-state index contributed by atoms with van der Waals surface area (Å²) in [4.78, 5) is 2.37. The first-order chi connectivity index (χ1) is 7.58. The lowest BCUT2D eigenvalue weighted by Gasteiger charge is -2.25. The molecule has 0 heterocycles. The molecule has 1 aromatic rings. The van der Waals surface area contributed by atoms with Crippen molar-refractivity contribution in [2.24, 2.45) is 5.92 Å². The van der Waals surface area contributed by atoms with E-state index in [1.807, 2.05) is 0 Å². The second-order valence-corrected chi connectivity index (χ2v) is 5.22. The number of rotatable bonds is 5. The Morgan fingerprint density at radius 3 is 2.62 bits per heavy atom. The van der Waals surface area contributed by atoms with Crippen molar-refractivity contribution in [2.75, 3.05) is 18.5 Å². The van der Waals surface area contributed by atoms with Gasteiger partial charge in [-0.15, -0.1) is 0 Å². The van der Waals surface area contributed by atoms with Gasteiger partial charge in [-0.05, 0) is 24.5 Å². The van der Waals surface area contributed by atoms with Crippen LogP contribution in [-0.2, 0) is 5.33 Å². The maximum Gasteiger partial charge on any atom is 0.0405 e. The van der Waals surface area contributed by atoms with E-state index in [0.717, 1.165) is 17.8 Å². The monoisotopic (exact) mass is 283 g/mol. The second kappa shape index (κ2) is 6.29. The molecule has 0 N–H and O–H groups in total. The van der Waals surface area contributed by atoms with Crippen LogP contribution in [0.15, 0.2) is 18.2 Å². The van der Waals surface area contributed by atoms with Crippen LogP contribution in [0, 0.1) is 12.8 Å². The standard InChI is InChI=1S/C14H22BrN/c1-5-11(2)10-16(4)14-7-6-12(3)8-13(14)9-15/h6-8,11H,5,9-10H2,1-4H3. The molecule has 0 bridgehead atoms. The maximum absolute atomic E-state index is 3.57. The van der Waals surface area contributed by atoms with Crippen molar-refractivity contribution in [3.05, 3.63) is 29.3 Å². The highest BCUT2D eigenvalue weighted by Crippen LogP contribution is 2.24. The quantitative estimate of drug-likeness (QED) is 0.726. The van der Waals surface area contributed by atoms with E-state index in [9.17, 15) is 0 Å². The molecule has 0 aliphatic rings. The summed E-state index contributed by atoms with van der Waals surface area (Å²) in [5.41, 5.74) is 4.06. The van der Waals surface area contributed by atoms with E-state index >= 15 is 0 Å². The van der Waals surface area contributed by atoms with Crippen LogP contribution in [-0.4, -0.2) is 13.6 Å². The minimum Gasteiger partial charge on any atom is -0.374 e. The summed E-state index contributed by atoms with van der Waals surface area (Å²) in [6.07, 6.45) is 1.24. The molecular weight excluding hydrogens is 262 g/mol. The van der Waals surface area contributed by atoms with Gasteiger partial charge in [-0.1, -0.05) is 53.9 Å². The molecule has 0 saturated carbocycles. The molecular formula is C14H22BrN. The van der Waals surface area contributed by atoms with Crippen LogP contribution < -0.4 is 4.90 Å². The van der Waals surface area contributed by atoms with Crippen molar-refractivity contribution in [2.45, 2.75) is 32.5 Å². The zero-order chi connectivity index (χ0) is 12.1. The van der Waals surface area contributed by atoms with Gasteiger partial charge in [0.05, 0.1) is 0 Å². The normalized spacial score (nSPS) is 12.6. The van der Waals surface area contributed by atoms with Gasteiger partial charge in [-0.25, -0.2) is 0 Å². The molecule has 1 nitrogen and oxygen atoms in total. The molecule has 0 aliphatic heterocycles. The van der Waals surface area contributed by atoms with Crippen molar-refractivity contribution in [3.63, 3.8) is 0 Å². The third kappa shape index (κ3) is 3.51. The molecule has 0 amide bonds. The SMILES string of the molecule is CCC(C)CN(C)c1ccc(C)cc1CBr. The summed E-state index contributed by atoms with van der Waals surface area (Å²) in [6.45, 7) is 7.82. The number of hydrogen-bond acceptors (Lipinski definition) is 1. The molecule has 0 saturated heterocycles. The van der Waals surface area contributed by atoms with Gasteiger partial charge in [0.25, 0.3) is 0 Å². The number of halogens is 1. The zero-order valence-electron chi connectivity index (χ0n) is 10.8. The van der Waals surface area contributed by atoms with Gasteiger partial charge < -0.3 is 4.90 Å². The third-order valence-electron chi connectivity index (χ3n) is 3.07. The van der Waals surface area contributed by atoms with Crippen LogP contribution in [0.25, 0.3) is 0 Å². The Hall–Kier alpha value is -0.500. The molecule has 0 fully saturated rings. The Morgan fingerprint density at radius 1 is 1.38 bits per heavy atom. The highest BCUT2D eigenvalue weighted by Gasteiger charge is 2.09. The minimum absolute atomic E-state index is 0.745. The number of benzene rings is 1. The van der Waals surface area contributed by atoms with E-state index in [0.29, 0.717) is 0 Å². The first-order valence-corrected chi connectivity index (χ1v) is 7.07. The summed E-state index contributed by atoms with van der Waals surface area (Å²) < 4.78 is 0. The number of anilines is 1. The van der Waals surface area contributed by atoms with E-state index in [4.69, 9.17) is 0 Å². The van der Waals surface area contributed by atoms with Gasteiger partial charge in [-0.2, -0.15) is 0 Å². The first kappa shape index (κ1) is 13.6. The minimum atomic E-state index is 0.745. The summed E-state index contributed by atoms with van der Waals surface area (Å²) >= 11 is 3.57. The number of nitrogens with zero attached hydrogens (tertiary/aromatic N) is 1. The van der Waals surface area contributed by atoms with Crippen molar-refractivity contribution in [3.8, 4) is 0 Å². The van der Waals surface area contributed by atoms with Gasteiger partial charge in [0.15, 0.2) is 0 Å². The number of hydrogen-bond donors (Lipinski definition) is 0. The Labute approximate surface area is 108 Å². The van der Waals surface area contributed by atoms with Crippen molar-refractivity contribution in [1.82, 2.24) is 0 Å². The Bertz CT molecular complexity index is 336. The summed E-state index contributed by atoms with van der Waals surface area (Å²) in [5.74, 6) is 0.745. The van der Waals surface area contributed by atoms with Gasteiger partial charge in [0.1, 0.15) is 0 Å². The lowest BCUT2D eigenvalue weighted by Crippen LogP contribution is -2.24. The van der Waals surface area contributed by atoms with E-state index in [-0.39, 0.29) is 0 Å². The van der Waals surface area contributed by atoms with E-state index in [1.54, 1.807) is 0 Å². The molecule has 1 aromatic carbocycles. The maximum atomic E-state index is 3.57. The van der Waals surface area contributed by atoms with Gasteiger partial charge >= 0.3 is 0 Å². The summed E-state index contributed by atoms with van der Waals surface area (Å²) in [5, 5.41) is 0.925. The molecule has 0 aromatic heterocycles. The van der Waals surface area contributed by atoms with Crippen LogP contribution in [0.4, 0.5) is 5.69 Å². The number of aryl methyl sites for hydroxylation is 1. The predicted octanol–water partition coefficient (Wildman–Crippen LogP) is 4.37. The van der Waals surface area contributed by atoms with Gasteiger partial charge in [0, 0.05) is 24.6 Å². The average molecular weight is 284 g/mol. The lowest BCUT2D eigenvalue weighted by atomic mass is 10.1. The van der Waals surface area contributed by atoms with Crippen molar-refractivity contribution >= 4 is 21.6 Å². The Kier molecular flexibility index (Phi) is 5.33. The predicted molar refractivity (Wildman–Crippen MR) is 76.5 cm³/mol. The second-order valence-electron chi connectivity index (χ2n) is 4.66. The highest BCUT2D eigenvalue weighted by atomic mass is 79.9. The molecule has 90 valence electrons. The average Bonchev–Trinajstić information content (AvgIpc) is 2.28. The Morgan fingerprint density at radius 2 is 2.06 bits per heavy atom. The summed E-state index contributed by atoms with van der Waals surface area (Å²) in [6, 6.07) is 6.68. The van der Waals surface area contributed by atoms with Crippen LogP contribution in [0.2, 0.25) is 0 Å². The van der Waals surface area contributed by atoms with E-state index < -0.39 is 0 Å². The molecule has 2 heteroatoms. The fourth-order valence-electron chi connectivity index (χ4n) is 1.89. The van der Waals surface area contributed by atoms with E-state index in [2.05, 4.69) is 66.8 Å². The van der Waals surface area contributed by atoms with Crippen molar-refractivity contribution in [1.29, 1.82) is 0 Å². The van der Waals surface area contributed by atoms with Crippen LogP contribution >= 0.6 is 15.9 Å². The van der Waals surface area contributed by atoms with Crippen LogP contribution in [0.3, 0.4) is 0 Å². The molecule has 1 rings (SSSR count). The molecule has 1 unspecified atom stereocenters. The molecule has 0 radical (unpaired) electrons. The Balaban J connectivity index is 2.85. The topological polar surface area (TPSA) is 3.24 Å². The van der Waals surface area contributed by atoms with E-state index in [1.165, 1.54) is 23.2 Å². The highest BCUT2D eigenvalue weighted by molar-refractivity contribution is 9.08. The molecule has 0 aliphatic carbocycles.